The summed E-state index contributed by atoms with van der Waals surface area (Å²) >= 11 is 0. The zero-order chi connectivity index (χ0) is 28.4. The van der Waals surface area contributed by atoms with Crippen molar-refractivity contribution < 1.29 is 18.7 Å². The summed E-state index contributed by atoms with van der Waals surface area (Å²) in [5.41, 5.74) is 3.04. The first-order valence-corrected chi connectivity index (χ1v) is 14.3. The average Bonchev–Trinajstić information content (AvgIpc) is 2.94. The van der Waals surface area contributed by atoms with Crippen molar-refractivity contribution in [2.45, 2.75) is 46.3 Å². The lowest BCUT2D eigenvalue weighted by Crippen LogP contribution is -2.51. The third kappa shape index (κ3) is 6.10. The van der Waals surface area contributed by atoms with Crippen LogP contribution < -0.4 is 20.0 Å². The lowest BCUT2D eigenvalue weighted by atomic mass is 9.95. The highest BCUT2D eigenvalue weighted by molar-refractivity contribution is 5.68. The number of amides is 1. The van der Waals surface area contributed by atoms with Crippen LogP contribution in [0.2, 0.25) is 0 Å². The van der Waals surface area contributed by atoms with E-state index in [-0.39, 0.29) is 12.1 Å². The van der Waals surface area contributed by atoms with Crippen LogP contribution in [0, 0.1) is 19.7 Å². The van der Waals surface area contributed by atoms with Crippen LogP contribution in [0.25, 0.3) is 0 Å². The number of aryl methyl sites for hydroxylation is 1. The second-order valence-electron chi connectivity index (χ2n) is 11.7. The molecule has 1 aromatic heterocycles. The van der Waals surface area contributed by atoms with Crippen LogP contribution in [0.15, 0.2) is 18.2 Å². The molecule has 0 saturated carbocycles. The van der Waals surface area contributed by atoms with Crippen molar-refractivity contribution in [3.63, 3.8) is 0 Å². The molecule has 4 heterocycles. The minimum atomic E-state index is -0.550. The Kier molecular flexibility index (Phi) is 8.32. The fraction of sp³-hybridized carbons (Fsp3) is 0.621. The van der Waals surface area contributed by atoms with Gasteiger partial charge in [0.15, 0.2) is 11.6 Å². The van der Waals surface area contributed by atoms with Crippen molar-refractivity contribution in [3.8, 4) is 0 Å². The van der Waals surface area contributed by atoms with E-state index >= 15 is 4.39 Å². The number of rotatable bonds is 4. The van der Waals surface area contributed by atoms with E-state index in [4.69, 9.17) is 19.4 Å². The molecule has 0 radical (unpaired) electrons. The van der Waals surface area contributed by atoms with Gasteiger partial charge in [-0.25, -0.2) is 4.79 Å². The van der Waals surface area contributed by atoms with Gasteiger partial charge >= 0.3 is 6.09 Å². The average molecular weight is 556 g/mol. The van der Waals surface area contributed by atoms with Crippen LogP contribution in [-0.2, 0) is 9.47 Å². The maximum Gasteiger partial charge on any atom is 0.410 e. The highest BCUT2D eigenvalue weighted by atomic mass is 19.1. The van der Waals surface area contributed by atoms with Gasteiger partial charge in [0.25, 0.3) is 0 Å². The Morgan fingerprint density at radius 1 is 1.00 bits per heavy atom. The van der Waals surface area contributed by atoms with E-state index in [0.717, 1.165) is 6.54 Å². The van der Waals surface area contributed by atoms with E-state index in [1.54, 1.807) is 4.90 Å². The Balaban J connectivity index is 1.48. The number of carbonyl (C=O) groups is 1. The molecule has 10 nitrogen and oxygen atoms in total. The summed E-state index contributed by atoms with van der Waals surface area (Å²) in [5.74, 6) is 0.736. The second kappa shape index (κ2) is 11.7. The van der Waals surface area contributed by atoms with Crippen molar-refractivity contribution >= 4 is 23.7 Å². The van der Waals surface area contributed by atoms with Gasteiger partial charge in [-0.05, 0) is 51.3 Å². The van der Waals surface area contributed by atoms with Gasteiger partial charge in [0, 0.05) is 58.9 Å². The monoisotopic (exact) mass is 555 g/mol. The zero-order valence-electron chi connectivity index (χ0n) is 24.4. The van der Waals surface area contributed by atoms with Gasteiger partial charge in [0.1, 0.15) is 5.60 Å². The van der Waals surface area contributed by atoms with Gasteiger partial charge in [0.05, 0.1) is 19.3 Å². The summed E-state index contributed by atoms with van der Waals surface area (Å²) in [5, 5.41) is 3.49. The van der Waals surface area contributed by atoms with Crippen molar-refractivity contribution in [1.29, 1.82) is 0 Å². The Bertz CT molecular complexity index is 1210. The molecule has 11 heteroatoms. The fourth-order valence-electron chi connectivity index (χ4n) is 5.51. The first kappa shape index (κ1) is 28.4. The summed E-state index contributed by atoms with van der Waals surface area (Å²) < 4.78 is 27.5. The summed E-state index contributed by atoms with van der Waals surface area (Å²) in [4.78, 5) is 30.1. The minimum Gasteiger partial charge on any atom is -0.444 e. The van der Waals surface area contributed by atoms with Crippen LogP contribution in [0.3, 0.4) is 0 Å². The fourth-order valence-corrected chi connectivity index (χ4v) is 5.51. The molecular formula is C29H42FN7O3. The van der Waals surface area contributed by atoms with E-state index in [0.29, 0.717) is 83.2 Å². The number of benzene rings is 1. The molecule has 0 spiro atoms. The summed E-state index contributed by atoms with van der Waals surface area (Å²) in [6.45, 7) is 16.1. The van der Waals surface area contributed by atoms with Gasteiger partial charge in [-0.3, -0.25) is 0 Å². The number of nitrogens with one attached hydrogen (secondary N) is 1. The number of hydrogen-bond donors (Lipinski definition) is 1. The van der Waals surface area contributed by atoms with Crippen LogP contribution in [0.4, 0.5) is 26.8 Å². The van der Waals surface area contributed by atoms with E-state index in [1.807, 2.05) is 30.6 Å². The molecule has 40 heavy (non-hydrogen) atoms. The molecule has 1 atom stereocenters. The molecule has 1 aromatic carbocycles. The first-order chi connectivity index (χ1) is 19.1. The molecule has 0 aliphatic carbocycles. The molecule has 5 rings (SSSR count). The SMILES string of the molecule is Cc1cccc(C2CNCCN2c2nc(N3CCN(C(=O)OC(C)(C)C)CC3)nc(N3CCOCC3)c2F)c1C. The van der Waals surface area contributed by atoms with E-state index in [2.05, 4.69) is 42.3 Å². The van der Waals surface area contributed by atoms with Crippen LogP contribution in [0.5, 0.6) is 0 Å². The lowest BCUT2D eigenvalue weighted by Gasteiger charge is -2.40. The molecule has 3 saturated heterocycles. The molecule has 1 unspecified atom stereocenters. The molecule has 1 N–H and O–H groups in total. The van der Waals surface area contributed by atoms with Crippen LogP contribution in [0.1, 0.15) is 43.5 Å². The van der Waals surface area contributed by atoms with Gasteiger partial charge in [-0.15, -0.1) is 0 Å². The Morgan fingerprint density at radius 3 is 2.40 bits per heavy atom. The molecule has 3 aliphatic rings. The smallest absolute Gasteiger partial charge is 0.410 e. The molecule has 3 fully saturated rings. The van der Waals surface area contributed by atoms with Crippen molar-refractivity contribution in [2.75, 3.05) is 86.8 Å². The number of carbonyl (C=O) groups excluding carboxylic acids is 1. The standard InChI is InChI=1S/C29H42FN7O3/c1-20-7-6-8-22(21(20)2)23-19-31-9-10-37(23)26-24(30)25(34-15-17-39-18-16-34)32-27(33-26)35-11-13-36(14-12-35)28(38)40-29(3,4)5/h6-8,23,31H,9-19H2,1-5H3. The predicted molar refractivity (Wildman–Crippen MR) is 154 cm³/mol. The van der Waals surface area contributed by atoms with Gasteiger partial charge in [0.2, 0.25) is 11.8 Å². The lowest BCUT2D eigenvalue weighted by molar-refractivity contribution is 0.0240. The quantitative estimate of drug-likeness (QED) is 0.611. The summed E-state index contributed by atoms with van der Waals surface area (Å²) in [7, 11) is 0. The van der Waals surface area contributed by atoms with Gasteiger partial charge in [-0.2, -0.15) is 14.4 Å². The molecule has 2 aromatic rings. The third-order valence-corrected chi connectivity index (χ3v) is 7.85. The third-order valence-electron chi connectivity index (χ3n) is 7.85. The Labute approximate surface area is 236 Å². The first-order valence-electron chi connectivity index (χ1n) is 14.3. The number of anilines is 3. The predicted octanol–water partition coefficient (Wildman–Crippen LogP) is 3.28. The van der Waals surface area contributed by atoms with Gasteiger partial charge < -0.3 is 34.4 Å². The summed E-state index contributed by atoms with van der Waals surface area (Å²) in [6, 6.07) is 6.24. The van der Waals surface area contributed by atoms with Crippen LogP contribution in [-0.4, -0.2) is 98.7 Å². The number of ether oxygens (including phenoxy) is 2. The number of nitrogens with zero attached hydrogens (tertiary/aromatic N) is 6. The van der Waals surface area contributed by atoms with Crippen molar-refractivity contribution in [1.82, 2.24) is 20.2 Å². The van der Waals surface area contributed by atoms with Crippen LogP contribution >= 0.6 is 0 Å². The molecule has 0 bridgehead atoms. The maximum atomic E-state index is 16.4. The van der Waals surface area contributed by atoms with E-state index in [9.17, 15) is 4.79 Å². The number of morpholine rings is 1. The molecule has 3 aliphatic heterocycles. The zero-order valence-corrected chi connectivity index (χ0v) is 24.4. The maximum absolute atomic E-state index is 16.4. The van der Waals surface area contributed by atoms with Crippen molar-refractivity contribution in [3.05, 3.63) is 40.7 Å². The Morgan fingerprint density at radius 2 is 1.70 bits per heavy atom. The number of hydrogen-bond acceptors (Lipinski definition) is 9. The number of aromatic nitrogens is 2. The number of halogens is 1. The topological polar surface area (TPSA) is 86.3 Å². The number of piperazine rings is 2. The van der Waals surface area contributed by atoms with E-state index < -0.39 is 11.4 Å². The van der Waals surface area contributed by atoms with Gasteiger partial charge in [-0.1, -0.05) is 18.2 Å². The molecule has 1 amide bonds. The highest BCUT2D eigenvalue weighted by Crippen LogP contribution is 2.36. The normalized spacial score (nSPS) is 20.6. The van der Waals surface area contributed by atoms with E-state index in [1.165, 1.54) is 16.7 Å². The second-order valence-corrected chi connectivity index (χ2v) is 11.7. The minimum absolute atomic E-state index is 0.0625. The molecule has 218 valence electrons. The highest BCUT2D eigenvalue weighted by Gasteiger charge is 2.34. The largest absolute Gasteiger partial charge is 0.444 e. The van der Waals surface area contributed by atoms with Crippen molar-refractivity contribution in [2.24, 2.45) is 0 Å². The molecular weight excluding hydrogens is 513 g/mol. The summed E-state index contributed by atoms with van der Waals surface area (Å²) in [6.07, 6.45) is -0.320. The Hall–Kier alpha value is -3.18.